The fourth-order valence-electron chi connectivity index (χ4n) is 1.97. The third-order valence-electron chi connectivity index (χ3n) is 2.90. The van der Waals surface area contributed by atoms with E-state index in [9.17, 15) is 0 Å². The van der Waals surface area contributed by atoms with Gasteiger partial charge in [-0.1, -0.05) is 60.7 Å². The predicted molar refractivity (Wildman–Crippen MR) is 83.3 cm³/mol. The van der Waals surface area contributed by atoms with E-state index in [4.69, 9.17) is 18.9 Å². The molecule has 0 aliphatic heterocycles. The van der Waals surface area contributed by atoms with Crippen LogP contribution in [0.15, 0.2) is 60.7 Å². The van der Waals surface area contributed by atoms with Crippen molar-refractivity contribution >= 4 is 18.9 Å². The van der Waals surface area contributed by atoms with Gasteiger partial charge >= 0.3 is 8.56 Å². The molecule has 0 saturated carbocycles. The molecule has 0 aliphatic carbocycles. The van der Waals surface area contributed by atoms with Gasteiger partial charge in [-0.15, -0.1) is 0 Å². The molecule has 4 nitrogen and oxygen atoms in total. The Morgan fingerprint density at radius 2 is 1.05 bits per heavy atom. The highest BCUT2D eigenvalue weighted by Gasteiger charge is 2.46. The lowest BCUT2D eigenvalue weighted by Gasteiger charge is -2.28. The summed E-state index contributed by atoms with van der Waals surface area (Å²) in [4.78, 5) is 10.5. The minimum Gasteiger partial charge on any atom is -0.245 e. The first-order chi connectivity index (χ1) is 10.3. The van der Waals surface area contributed by atoms with Gasteiger partial charge in [0.2, 0.25) is 0 Å². The van der Waals surface area contributed by atoms with E-state index in [-0.39, 0.29) is 0 Å². The summed E-state index contributed by atoms with van der Waals surface area (Å²) >= 11 is 0. The molecule has 2 rings (SSSR count). The molecule has 0 N–H and O–H groups in total. The molecule has 2 aromatic rings. The Kier molecular flexibility index (Phi) is 6.10. The monoisotopic (exact) mass is 304 g/mol. The molecule has 0 atom stereocenters. The van der Waals surface area contributed by atoms with Crippen LogP contribution in [0.2, 0.25) is 0 Å². The zero-order valence-electron chi connectivity index (χ0n) is 12.3. The Hall–Kier alpha value is -1.50. The van der Waals surface area contributed by atoms with Gasteiger partial charge in [0, 0.05) is 10.4 Å². The lowest BCUT2D eigenvalue weighted by Crippen LogP contribution is -2.63. The Morgan fingerprint density at radius 1 is 0.667 bits per heavy atom. The van der Waals surface area contributed by atoms with Gasteiger partial charge < -0.3 is 0 Å². The van der Waals surface area contributed by atoms with Crippen LogP contribution in [0.5, 0.6) is 0 Å². The third kappa shape index (κ3) is 3.78. The van der Waals surface area contributed by atoms with Crippen LogP contribution >= 0.6 is 0 Å². The van der Waals surface area contributed by atoms with Crippen molar-refractivity contribution in [2.24, 2.45) is 0 Å². The molecule has 5 heteroatoms. The maximum absolute atomic E-state index is 5.74. The highest BCUT2D eigenvalue weighted by atomic mass is 28.4. The van der Waals surface area contributed by atoms with Crippen LogP contribution in [-0.4, -0.2) is 21.8 Å². The molecule has 0 fully saturated rings. The van der Waals surface area contributed by atoms with Gasteiger partial charge in [0.25, 0.3) is 0 Å². The molecular formula is C16H20O4Si. The van der Waals surface area contributed by atoms with Crippen molar-refractivity contribution in [2.75, 3.05) is 13.2 Å². The van der Waals surface area contributed by atoms with Crippen LogP contribution in [0.3, 0.4) is 0 Å². The minimum atomic E-state index is -3.03. The number of rotatable bonds is 8. The molecule has 0 aromatic heterocycles. The maximum Gasteiger partial charge on any atom is 0.470 e. The highest BCUT2D eigenvalue weighted by Crippen LogP contribution is 2.11. The van der Waals surface area contributed by atoms with Crippen molar-refractivity contribution in [3.63, 3.8) is 0 Å². The second-order valence-corrected chi connectivity index (χ2v) is 7.05. The molecule has 0 spiro atoms. The molecule has 0 saturated heterocycles. The lowest BCUT2D eigenvalue weighted by atomic mass is 10.4. The van der Waals surface area contributed by atoms with Crippen LogP contribution in [0.1, 0.15) is 13.8 Å². The van der Waals surface area contributed by atoms with Crippen molar-refractivity contribution in [2.45, 2.75) is 13.8 Å². The smallest absolute Gasteiger partial charge is 0.245 e. The van der Waals surface area contributed by atoms with Gasteiger partial charge in [-0.3, -0.25) is 0 Å². The minimum absolute atomic E-state index is 0.434. The molecule has 0 radical (unpaired) electrons. The summed E-state index contributed by atoms with van der Waals surface area (Å²) in [5, 5.41) is 1.86. The average Bonchev–Trinajstić information content (AvgIpc) is 2.57. The van der Waals surface area contributed by atoms with E-state index in [0.717, 1.165) is 10.4 Å². The Morgan fingerprint density at radius 3 is 1.38 bits per heavy atom. The number of hydrogen-bond donors (Lipinski definition) is 0. The van der Waals surface area contributed by atoms with Gasteiger partial charge in [0.1, 0.15) is 0 Å². The second-order valence-electron chi connectivity index (χ2n) is 4.33. The normalized spacial score (nSPS) is 11.5. The summed E-state index contributed by atoms with van der Waals surface area (Å²) in [7, 11) is -3.03. The summed E-state index contributed by atoms with van der Waals surface area (Å²) in [5.74, 6) is 0. The van der Waals surface area contributed by atoms with E-state index in [1.54, 1.807) is 0 Å². The topological polar surface area (TPSA) is 36.9 Å². The molecule has 0 bridgehead atoms. The van der Waals surface area contributed by atoms with Crippen LogP contribution < -0.4 is 10.4 Å². The van der Waals surface area contributed by atoms with E-state index in [1.165, 1.54) is 0 Å². The first kappa shape index (κ1) is 15.9. The second kappa shape index (κ2) is 8.07. The number of benzene rings is 2. The van der Waals surface area contributed by atoms with Crippen molar-refractivity contribution in [3.05, 3.63) is 60.7 Å². The lowest BCUT2D eigenvalue weighted by molar-refractivity contribution is -0.282. The van der Waals surface area contributed by atoms with E-state index < -0.39 is 8.56 Å². The number of hydrogen-bond acceptors (Lipinski definition) is 4. The van der Waals surface area contributed by atoms with E-state index >= 15 is 0 Å². The van der Waals surface area contributed by atoms with Gasteiger partial charge in [-0.2, -0.15) is 0 Å². The first-order valence-corrected chi connectivity index (χ1v) is 8.87. The molecular weight excluding hydrogens is 284 g/mol. The molecule has 0 heterocycles. The summed E-state index contributed by atoms with van der Waals surface area (Å²) in [6, 6.07) is 19.6. The molecule has 112 valence electrons. The van der Waals surface area contributed by atoms with Crippen molar-refractivity contribution < 1.29 is 18.9 Å². The Bertz CT molecular complexity index is 469. The SMILES string of the molecule is CCOO[Si](OOCC)(c1ccccc1)c1ccccc1. The fraction of sp³-hybridized carbons (Fsp3) is 0.250. The summed E-state index contributed by atoms with van der Waals surface area (Å²) in [6.07, 6.45) is 0. The maximum atomic E-state index is 5.74. The van der Waals surface area contributed by atoms with Crippen LogP contribution in [0, 0.1) is 0 Å². The quantitative estimate of drug-likeness (QED) is 0.425. The predicted octanol–water partition coefficient (Wildman–Crippen LogP) is 2.18. The van der Waals surface area contributed by atoms with E-state index in [1.807, 2.05) is 74.5 Å². The summed E-state index contributed by atoms with van der Waals surface area (Å²) in [6.45, 7) is 4.61. The van der Waals surface area contributed by atoms with Crippen molar-refractivity contribution in [1.29, 1.82) is 0 Å². The molecule has 0 unspecified atom stereocenters. The Balaban J connectivity index is 2.48. The molecule has 0 amide bonds. The largest absolute Gasteiger partial charge is 0.470 e. The van der Waals surface area contributed by atoms with Gasteiger partial charge in [-0.05, 0) is 13.8 Å². The standard InChI is InChI=1S/C16H20O4Si/c1-3-17-19-21(20-18-4-2,15-11-7-5-8-12-15)16-13-9-6-10-14-16/h5-14H,3-4H2,1-2H3. The van der Waals surface area contributed by atoms with Crippen molar-refractivity contribution in [3.8, 4) is 0 Å². The highest BCUT2D eigenvalue weighted by molar-refractivity contribution is 6.92. The van der Waals surface area contributed by atoms with Crippen LogP contribution in [0.25, 0.3) is 0 Å². The Labute approximate surface area is 126 Å². The van der Waals surface area contributed by atoms with Gasteiger partial charge in [0.05, 0.1) is 13.2 Å². The van der Waals surface area contributed by atoms with Crippen LogP contribution in [-0.2, 0) is 18.9 Å². The summed E-state index contributed by atoms with van der Waals surface area (Å²) in [5.41, 5.74) is 0. The zero-order chi connectivity index (χ0) is 15.0. The molecule has 0 aliphatic rings. The zero-order valence-corrected chi connectivity index (χ0v) is 13.3. The van der Waals surface area contributed by atoms with Gasteiger partial charge in [-0.25, -0.2) is 18.9 Å². The van der Waals surface area contributed by atoms with E-state index in [0.29, 0.717) is 13.2 Å². The molecule has 2 aromatic carbocycles. The van der Waals surface area contributed by atoms with E-state index in [2.05, 4.69) is 0 Å². The van der Waals surface area contributed by atoms with Crippen molar-refractivity contribution in [1.82, 2.24) is 0 Å². The fourth-order valence-corrected chi connectivity index (χ4v) is 4.55. The third-order valence-corrected chi connectivity index (χ3v) is 5.79. The first-order valence-electron chi connectivity index (χ1n) is 7.05. The summed E-state index contributed by atoms with van der Waals surface area (Å²) < 4.78 is 11.5. The van der Waals surface area contributed by atoms with Crippen LogP contribution in [0.4, 0.5) is 0 Å². The average molecular weight is 304 g/mol. The molecule has 21 heavy (non-hydrogen) atoms. The van der Waals surface area contributed by atoms with Gasteiger partial charge in [0.15, 0.2) is 0 Å².